The van der Waals surface area contributed by atoms with Gasteiger partial charge in [-0.2, -0.15) is 0 Å². The molecule has 0 unspecified atom stereocenters. The van der Waals surface area contributed by atoms with Crippen molar-refractivity contribution in [1.82, 2.24) is 14.9 Å². The summed E-state index contributed by atoms with van der Waals surface area (Å²) in [6.07, 6.45) is 0.568. The number of carbonyl (C=O) groups excluding carboxylic acids is 2. The van der Waals surface area contributed by atoms with Crippen molar-refractivity contribution in [3.63, 3.8) is 0 Å². The van der Waals surface area contributed by atoms with E-state index in [0.29, 0.717) is 18.5 Å². The number of aromatic nitrogens is 2. The Hall–Kier alpha value is -2.57. The molecule has 1 aromatic heterocycles. The molecule has 19 heavy (non-hydrogen) atoms. The first-order valence-electron chi connectivity index (χ1n) is 5.73. The topological polar surface area (TPSA) is 112 Å². The molecule has 2 rings (SSSR count). The number of aromatic amines is 2. The number of nitrogens with zero attached hydrogens (tertiary/aromatic N) is 1. The van der Waals surface area contributed by atoms with Gasteiger partial charge in [0.2, 0.25) is 0 Å². The molecular formula is C12H14N4O3. The molecule has 0 atom stereocenters. The molecule has 0 radical (unpaired) electrons. The van der Waals surface area contributed by atoms with Crippen molar-refractivity contribution in [2.24, 2.45) is 5.73 Å². The molecule has 0 saturated carbocycles. The summed E-state index contributed by atoms with van der Waals surface area (Å²) in [5.74, 6) is -1.68. The average molecular weight is 262 g/mol. The molecule has 7 nitrogen and oxygen atoms in total. The van der Waals surface area contributed by atoms with Gasteiger partial charge >= 0.3 is 17.5 Å². The number of carbonyl (C=O) groups is 2. The van der Waals surface area contributed by atoms with Crippen molar-refractivity contribution in [2.45, 2.75) is 6.42 Å². The summed E-state index contributed by atoms with van der Waals surface area (Å²) in [4.78, 5) is 39.7. The van der Waals surface area contributed by atoms with Crippen molar-refractivity contribution in [3.05, 3.63) is 34.2 Å². The Labute approximate surface area is 108 Å². The lowest BCUT2D eigenvalue weighted by Gasteiger charge is -2.14. The molecule has 100 valence electrons. The molecule has 2 aromatic rings. The smallest absolute Gasteiger partial charge is 0.323 e. The van der Waals surface area contributed by atoms with E-state index in [1.54, 1.807) is 6.07 Å². The molecule has 0 aliphatic carbocycles. The van der Waals surface area contributed by atoms with Gasteiger partial charge in [-0.25, -0.2) is 4.79 Å². The maximum Gasteiger partial charge on any atom is 0.323 e. The second kappa shape index (κ2) is 4.97. The number of imidazole rings is 1. The van der Waals surface area contributed by atoms with Gasteiger partial charge in [-0.1, -0.05) is 6.07 Å². The van der Waals surface area contributed by atoms with Crippen LogP contribution >= 0.6 is 0 Å². The minimum Gasteiger partial charge on any atom is -0.361 e. The molecule has 0 spiro atoms. The summed E-state index contributed by atoms with van der Waals surface area (Å²) in [6.45, 7) is 0.377. The Kier molecular flexibility index (Phi) is 3.37. The highest BCUT2D eigenvalue weighted by Crippen LogP contribution is 2.10. The van der Waals surface area contributed by atoms with E-state index in [-0.39, 0.29) is 5.69 Å². The van der Waals surface area contributed by atoms with Crippen molar-refractivity contribution in [2.75, 3.05) is 13.6 Å². The number of rotatable bonds is 3. The Morgan fingerprint density at radius 1 is 1.26 bits per heavy atom. The van der Waals surface area contributed by atoms with Crippen LogP contribution in [0.2, 0.25) is 0 Å². The first kappa shape index (κ1) is 12.9. The van der Waals surface area contributed by atoms with Crippen molar-refractivity contribution >= 4 is 22.8 Å². The van der Waals surface area contributed by atoms with E-state index in [2.05, 4.69) is 9.97 Å². The van der Waals surface area contributed by atoms with Gasteiger partial charge in [0.1, 0.15) is 0 Å². The number of H-pyrrole nitrogens is 2. The van der Waals surface area contributed by atoms with Crippen LogP contribution in [0.25, 0.3) is 11.0 Å². The SMILES string of the molecule is CN(CCc1ccc2[nH]c(=O)[nH]c2c1)C(=O)C(N)=O. The number of nitrogens with two attached hydrogens (primary N) is 1. The lowest BCUT2D eigenvalue weighted by Crippen LogP contribution is -2.38. The first-order chi connectivity index (χ1) is 8.97. The highest BCUT2D eigenvalue weighted by molar-refractivity contribution is 6.34. The quantitative estimate of drug-likeness (QED) is 0.638. The Morgan fingerprint density at radius 3 is 2.63 bits per heavy atom. The zero-order chi connectivity index (χ0) is 14.0. The number of hydrogen-bond donors (Lipinski definition) is 3. The minimum absolute atomic E-state index is 0.256. The molecule has 1 aromatic carbocycles. The van der Waals surface area contributed by atoms with Crippen LogP contribution in [0.1, 0.15) is 5.56 Å². The third-order valence-electron chi connectivity index (χ3n) is 2.87. The van der Waals surface area contributed by atoms with E-state index in [1.165, 1.54) is 11.9 Å². The van der Waals surface area contributed by atoms with E-state index >= 15 is 0 Å². The van der Waals surface area contributed by atoms with Crippen LogP contribution in [0, 0.1) is 0 Å². The molecule has 0 aliphatic heterocycles. The second-order valence-electron chi connectivity index (χ2n) is 4.30. The number of amides is 2. The van der Waals surface area contributed by atoms with Gasteiger partial charge in [0.15, 0.2) is 0 Å². The normalized spacial score (nSPS) is 10.6. The minimum atomic E-state index is -0.965. The van der Waals surface area contributed by atoms with Crippen LogP contribution in [0.3, 0.4) is 0 Å². The van der Waals surface area contributed by atoms with Gasteiger partial charge in [0, 0.05) is 13.6 Å². The van der Waals surface area contributed by atoms with Crippen LogP contribution in [0.15, 0.2) is 23.0 Å². The zero-order valence-corrected chi connectivity index (χ0v) is 10.4. The largest absolute Gasteiger partial charge is 0.361 e. The summed E-state index contributed by atoms with van der Waals surface area (Å²) in [7, 11) is 1.52. The molecule has 0 aliphatic rings. The fourth-order valence-electron chi connectivity index (χ4n) is 1.82. The summed E-state index contributed by atoms with van der Waals surface area (Å²) in [5.41, 5.74) is 7.05. The Morgan fingerprint density at radius 2 is 1.95 bits per heavy atom. The molecular weight excluding hydrogens is 248 g/mol. The van der Waals surface area contributed by atoms with Crippen LogP contribution in [0.4, 0.5) is 0 Å². The van der Waals surface area contributed by atoms with Gasteiger partial charge in [-0.15, -0.1) is 0 Å². The van der Waals surface area contributed by atoms with E-state index in [9.17, 15) is 14.4 Å². The van der Waals surface area contributed by atoms with Gasteiger partial charge in [-0.3, -0.25) is 9.59 Å². The lowest BCUT2D eigenvalue weighted by atomic mass is 10.1. The van der Waals surface area contributed by atoms with E-state index in [4.69, 9.17) is 5.73 Å². The molecule has 2 amide bonds. The maximum absolute atomic E-state index is 11.3. The predicted molar refractivity (Wildman–Crippen MR) is 69.5 cm³/mol. The zero-order valence-electron chi connectivity index (χ0n) is 10.4. The third kappa shape index (κ3) is 2.82. The fourth-order valence-corrected chi connectivity index (χ4v) is 1.82. The van der Waals surface area contributed by atoms with Gasteiger partial charge in [0.25, 0.3) is 0 Å². The van der Waals surface area contributed by atoms with Crippen molar-refractivity contribution < 1.29 is 9.59 Å². The molecule has 0 bridgehead atoms. The monoisotopic (exact) mass is 262 g/mol. The molecule has 7 heteroatoms. The van der Waals surface area contributed by atoms with Crippen LogP contribution < -0.4 is 11.4 Å². The van der Waals surface area contributed by atoms with E-state index in [0.717, 1.165) is 11.1 Å². The highest BCUT2D eigenvalue weighted by atomic mass is 16.2. The average Bonchev–Trinajstić information content (AvgIpc) is 2.74. The van der Waals surface area contributed by atoms with Crippen LogP contribution in [-0.2, 0) is 16.0 Å². The second-order valence-corrected chi connectivity index (χ2v) is 4.30. The summed E-state index contributed by atoms with van der Waals surface area (Å²) in [5, 5.41) is 0. The third-order valence-corrected chi connectivity index (χ3v) is 2.87. The predicted octanol–water partition coefficient (Wildman–Crippen LogP) is -0.658. The van der Waals surface area contributed by atoms with Crippen LogP contribution in [-0.4, -0.2) is 40.3 Å². The summed E-state index contributed by atoms with van der Waals surface area (Å²) in [6, 6.07) is 5.48. The Bertz CT molecular complexity index is 686. The number of primary amides is 1. The van der Waals surface area contributed by atoms with Crippen molar-refractivity contribution in [1.29, 1.82) is 0 Å². The fraction of sp³-hybridized carbons (Fsp3) is 0.250. The number of likely N-dealkylation sites (N-methyl/N-ethyl adjacent to an activating group) is 1. The molecule has 0 fully saturated rings. The summed E-state index contributed by atoms with van der Waals surface area (Å²) >= 11 is 0. The lowest BCUT2D eigenvalue weighted by molar-refractivity contribution is -0.143. The number of hydrogen-bond acceptors (Lipinski definition) is 3. The van der Waals surface area contributed by atoms with E-state index < -0.39 is 11.8 Å². The standard InChI is InChI=1S/C12H14N4O3/c1-16(11(18)10(13)17)5-4-7-2-3-8-9(6-7)15-12(19)14-8/h2-3,6H,4-5H2,1H3,(H2,13,17)(H2,14,15,19). The van der Waals surface area contributed by atoms with Crippen molar-refractivity contribution in [3.8, 4) is 0 Å². The maximum atomic E-state index is 11.3. The number of benzene rings is 1. The number of nitrogens with one attached hydrogen (secondary N) is 2. The summed E-state index contributed by atoms with van der Waals surface area (Å²) < 4.78 is 0. The van der Waals surface area contributed by atoms with Gasteiger partial charge in [-0.05, 0) is 24.1 Å². The number of fused-ring (bicyclic) bond motifs is 1. The highest BCUT2D eigenvalue weighted by Gasteiger charge is 2.14. The molecule has 0 saturated heterocycles. The molecule has 4 N–H and O–H groups in total. The van der Waals surface area contributed by atoms with Gasteiger partial charge < -0.3 is 20.6 Å². The first-order valence-corrected chi connectivity index (χ1v) is 5.73. The van der Waals surface area contributed by atoms with Gasteiger partial charge in [0.05, 0.1) is 11.0 Å². The Balaban J connectivity index is 2.07. The van der Waals surface area contributed by atoms with Crippen LogP contribution in [0.5, 0.6) is 0 Å². The van der Waals surface area contributed by atoms with E-state index in [1.807, 2.05) is 12.1 Å². The molecule has 1 heterocycles.